The average Bonchev–Trinajstić information content (AvgIpc) is 2.47. The standard InChI is InChI=1S/C18H38OS/c1-2-3-4-5-6-7-8-9-10-11-12-13-14-17-20-18-15-16-19/h19H,2-18H2,1H3. The third kappa shape index (κ3) is 18.3. The fourth-order valence-corrected chi connectivity index (χ4v) is 3.44. The molecule has 0 amide bonds. The first-order valence-corrected chi connectivity index (χ1v) is 10.3. The summed E-state index contributed by atoms with van der Waals surface area (Å²) in [7, 11) is 0. The Hall–Kier alpha value is 0.310. The van der Waals surface area contributed by atoms with Crippen LogP contribution in [0, 0.1) is 0 Å². The lowest BCUT2D eigenvalue weighted by molar-refractivity contribution is 0.296. The second-order valence-corrected chi connectivity index (χ2v) is 7.16. The molecule has 0 rings (SSSR count). The van der Waals surface area contributed by atoms with Gasteiger partial charge in [-0.15, -0.1) is 0 Å². The molecule has 0 aromatic carbocycles. The molecule has 122 valence electrons. The number of rotatable bonds is 17. The van der Waals surface area contributed by atoms with Crippen LogP contribution >= 0.6 is 11.8 Å². The topological polar surface area (TPSA) is 20.2 Å². The van der Waals surface area contributed by atoms with Crippen LogP contribution in [0.15, 0.2) is 0 Å². The summed E-state index contributed by atoms with van der Waals surface area (Å²) in [5, 5.41) is 8.67. The second-order valence-electron chi connectivity index (χ2n) is 5.93. The molecule has 0 aromatic rings. The van der Waals surface area contributed by atoms with Crippen LogP contribution in [-0.4, -0.2) is 23.2 Å². The van der Waals surface area contributed by atoms with Crippen molar-refractivity contribution in [2.24, 2.45) is 0 Å². The van der Waals surface area contributed by atoms with Gasteiger partial charge in [0.1, 0.15) is 0 Å². The maximum Gasteiger partial charge on any atom is 0.0438 e. The van der Waals surface area contributed by atoms with Crippen LogP contribution in [0.25, 0.3) is 0 Å². The fraction of sp³-hybridized carbons (Fsp3) is 1.00. The van der Waals surface area contributed by atoms with Gasteiger partial charge >= 0.3 is 0 Å². The van der Waals surface area contributed by atoms with E-state index in [0.29, 0.717) is 6.61 Å². The molecule has 0 aliphatic carbocycles. The molecule has 0 atom stereocenters. The molecule has 0 bridgehead atoms. The van der Waals surface area contributed by atoms with Gasteiger partial charge in [0.25, 0.3) is 0 Å². The lowest BCUT2D eigenvalue weighted by Crippen LogP contribution is -1.88. The summed E-state index contributed by atoms with van der Waals surface area (Å²) in [6.07, 6.45) is 19.6. The van der Waals surface area contributed by atoms with Crippen molar-refractivity contribution in [1.29, 1.82) is 0 Å². The van der Waals surface area contributed by atoms with Crippen molar-refractivity contribution >= 4 is 11.8 Å². The van der Waals surface area contributed by atoms with Crippen LogP contribution in [0.3, 0.4) is 0 Å². The fourth-order valence-electron chi connectivity index (χ4n) is 2.49. The van der Waals surface area contributed by atoms with Crippen LogP contribution in [0.4, 0.5) is 0 Å². The minimum absolute atomic E-state index is 0.353. The van der Waals surface area contributed by atoms with E-state index in [0.717, 1.165) is 12.2 Å². The maximum absolute atomic E-state index is 8.67. The molecule has 2 heteroatoms. The second kappa shape index (κ2) is 19.3. The summed E-state index contributed by atoms with van der Waals surface area (Å²) in [5.41, 5.74) is 0. The highest BCUT2D eigenvalue weighted by Crippen LogP contribution is 2.13. The van der Waals surface area contributed by atoms with Crippen molar-refractivity contribution in [3.8, 4) is 0 Å². The minimum Gasteiger partial charge on any atom is -0.396 e. The molecular formula is C18H38OS. The van der Waals surface area contributed by atoms with Crippen molar-refractivity contribution in [2.45, 2.75) is 96.8 Å². The summed E-state index contributed by atoms with van der Waals surface area (Å²) < 4.78 is 0. The first-order chi connectivity index (χ1) is 9.91. The van der Waals surface area contributed by atoms with E-state index in [4.69, 9.17) is 5.11 Å². The molecule has 0 fully saturated rings. The normalized spacial score (nSPS) is 11.1. The zero-order valence-electron chi connectivity index (χ0n) is 13.9. The molecule has 0 aromatic heterocycles. The smallest absolute Gasteiger partial charge is 0.0438 e. The molecule has 0 saturated carbocycles. The Balaban J connectivity index is 2.89. The number of aliphatic hydroxyl groups excluding tert-OH is 1. The molecule has 1 nitrogen and oxygen atoms in total. The molecule has 0 spiro atoms. The summed E-state index contributed by atoms with van der Waals surface area (Å²) in [6, 6.07) is 0. The van der Waals surface area contributed by atoms with Gasteiger partial charge in [-0.3, -0.25) is 0 Å². The zero-order chi connectivity index (χ0) is 14.7. The Morgan fingerprint density at radius 2 is 0.950 bits per heavy atom. The highest BCUT2D eigenvalue weighted by atomic mass is 32.2. The third-order valence-electron chi connectivity index (χ3n) is 3.84. The van der Waals surface area contributed by atoms with Gasteiger partial charge in [-0.2, -0.15) is 11.8 Å². The molecule has 0 radical (unpaired) electrons. The first-order valence-electron chi connectivity index (χ1n) is 9.10. The third-order valence-corrected chi connectivity index (χ3v) is 4.99. The zero-order valence-corrected chi connectivity index (χ0v) is 14.7. The van der Waals surface area contributed by atoms with Gasteiger partial charge in [-0.05, 0) is 24.3 Å². The molecule has 0 heterocycles. The van der Waals surface area contributed by atoms with E-state index >= 15 is 0 Å². The van der Waals surface area contributed by atoms with E-state index in [1.165, 1.54) is 89.2 Å². The number of hydrogen-bond acceptors (Lipinski definition) is 2. The van der Waals surface area contributed by atoms with Crippen LogP contribution < -0.4 is 0 Å². The summed E-state index contributed by atoms with van der Waals surface area (Å²) >= 11 is 2.00. The van der Waals surface area contributed by atoms with Crippen LogP contribution in [0.2, 0.25) is 0 Å². The summed E-state index contributed by atoms with van der Waals surface area (Å²) in [4.78, 5) is 0. The quantitative estimate of drug-likeness (QED) is 0.323. The van der Waals surface area contributed by atoms with Crippen molar-refractivity contribution in [3.05, 3.63) is 0 Å². The van der Waals surface area contributed by atoms with Gasteiger partial charge < -0.3 is 5.11 Å². The van der Waals surface area contributed by atoms with Crippen LogP contribution in [0.5, 0.6) is 0 Å². The predicted molar refractivity (Wildman–Crippen MR) is 94.7 cm³/mol. The highest BCUT2D eigenvalue weighted by molar-refractivity contribution is 7.99. The number of unbranched alkanes of at least 4 members (excludes halogenated alkanes) is 12. The number of aliphatic hydroxyl groups is 1. The molecule has 0 aliphatic rings. The monoisotopic (exact) mass is 302 g/mol. The van der Waals surface area contributed by atoms with Crippen molar-refractivity contribution < 1.29 is 5.11 Å². The van der Waals surface area contributed by atoms with Crippen molar-refractivity contribution in [2.75, 3.05) is 18.1 Å². The van der Waals surface area contributed by atoms with E-state index in [-0.39, 0.29) is 0 Å². The summed E-state index contributed by atoms with van der Waals surface area (Å²) in [6.45, 7) is 2.64. The lowest BCUT2D eigenvalue weighted by Gasteiger charge is -2.03. The van der Waals surface area contributed by atoms with Gasteiger partial charge in [-0.1, -0.05) is 84.0 Å². The SMILES string of the molecule is CCCCCCCCCCCCCCCSCCCO. The maximum atomic E-state index is 8.67. The molecule has 0 saturated heterocycles. The molecule has 20 heavy (non-hydrogen) atoms. The Morgan fingerprint density at radius 3 is 1.40 bits per heavy atom. The van der Waals surface area contributed by atoms with Gasteiger partial charge in [0, 0.05) is 6.61 Å². The van der Waals surface area contributed by atoms with Crippen molar-refractivity contribution in [3.63, 3.8) is 0 Å². The van der Waals surface area contributed by atoms with E-state index in [1.54, 1.807) is 0 Å². The van der Waals surface area contributed by atoms with Crippen LogP contribution in [-0.2, 0) is 0 Å². The number of hydrogen-bond donors (Lipinski definition) is 1. The Morgan fingerprint density at radius 1 is 0.550 bits per heavy atom. The Kier molecular flexibility index (Phi) is 19.6. The lowest BCUT2D eigenvalue weighted by atomic mass is 10.1. The van der Waals surface area contributed by atoms with E-state index in [9.17, 15) is 0 Å². The van der Waals surface area contributed by atoms with Gasteiger partial charge in [0.2, 0.25) is 0 Å². The van der Waals surface area contributed by atoms with Crippen LogP contribution in [0.1, 0.15) is 96.8 Å². The minimum atomic E-state index is 0.353. The molecule has 0 unspecified atom stereocenters. The molecule has 1 N–H and O–H groups in total. The van der Waals surface area contributed by atoms with E-state index in [1.807, 2.05) is 11.8 Å². The van der Waals surface area contributed by atoms with Crippen molar-refractivity contribution in [1.82, 2.24) is 0 Å². The van der Waals surface area contributed by atoms with E-state index in [2.05, 4.69) is 6.92 Å². The summed E-state index contributed by atoms with van der Waals surface area (Å²) in [5.74, 6) is 2.42. The average molecular weight is 303 g/mol. The highest BCUT2D eigenvalue weighted by Gasteiger charge is 1.94. The molecular weight excluding hydrogens is 264 g/mol. The Labute approximate surface area is 132 Å². The van der Waals surface area contributed by atoms with Gasteiger partial charge in [0.05, 0.1) is 0 Å². The predicted octanol–water partition coefficient (Wildman–Crippen LogP) is 6.19. The molecule has 0 aliphatic heterocycles. The number of thioether (sulfide) groups is 1. The van der Waals surface area contributed by atoms with Gasteiger partial charge in [-0.25, -0.2) is 0 Å². The Bertz CT molecular complexity index is 143. The van der Waals surface area contributed by atoms with Gasteiger partial charge in [0.15, 0.2) is 0 Å². The first kappa shape index (κ1) is 20.3. The van der Waals surface area contributed by atoms with E-state index < -0.39 is 0 Å². The largest absolute Gasteiger partial charge is 0.396 e.